The van der Waals surface area contributed by atoms with Crippen LogP contribution >= 0.6 is 11.3 Å². The van der Waals surface area contributed by atoms with E-state index < -0.39 is 15.9 Å². The van der Waals surface area contributed by atoms with Gasteiger partial charge in [-0.25, -0.2) is 13.2 Å². The summed E-state index contributed by atoms with van der Waals surface area (Å²) in [5.41, 5.74) is 3.45. The van der Waals surface area contributed by atoms with Crippen molar-refractivity contribution < 1.29 is 13.2 Å². The van der Waals surface area contributed by atoms with Gasteiger partial charge in [-0.05, 0) is 52.2 Å². The number of carbonyl (C=O) groups is 1. The number of rotatable bonds is 6. The Balaban J connectivity index is 1.65. The quantitative estimate of drug-likeness (QED) is 0.378. The largest absolute Gasteiger partial charge is 0.323 e. The molecule has 0 bridgehead atoms. The van der Waals surface area contributed by atoms with Gasteiger partial charge in [0, 0.05) is 11.3 Å². The summed E-state index contributed by atoms with van der Waals surface area (Å²) in [6.07, 6.45) is 0. The van der Waals surface area contributed by atoms with E-state index in [0.29, 0.717) is 16.9 Å². The molecule has 0 aliphatic heterocycles. The molecule has 0 atom stereocenters. The Morgan fingerprint density at radius 2 is 1.55 bits per heavy atom. The summed E-state index contributed by atoms with van der Waals surface area (Å²) in [6, 6.07) is 24.4. The molecule has 2 N–H and O–H groups in total. The minimum absolute atomic E-state index is 0.110. The van der Waals surface area contributed by atoms with E-state index in [1.54, 1.807) is 36.4 Å². The summed E-state index contributed by atoms with van der Waals surface area (Å²) >= 11 is 1.53. The van der Waals surface area contributed by atoms with Crippen LogP contribution in [-0.4, -0.2) is 14.4 Å². The lowest BCUT2D eigenvalue weighted by Crippen LogP contribution is -2.20. The van der Waals surface area contributed by atoms with E-state index >= 15 is 0 Å². The van der Waals surface area contributed by atoms with E-state index in [-0.39, 0.29) is 10.6 Å². The van der Waals surface area contributed by atoms with Crippen molar-refractivity contribution in [3.63, 3.8) is 0 Å². The molecule has 31 heavy (non-hydrogen) atoms. The SMILES string of the molecule is O=C(Nc1ccccc1)Nc1cc(S(=O)(=O)Cc2ccccc2)ccc1-c1ccsc1. The molecule has 3 aromatic carbocycles. The Kier molecular flexibility index (Phi) is 6.16. The molecular formula is C24H20N2O3S2. The van der Waals surface area contributed by atoms with Crippen LogP contribution in [0.5, 0.6) is 0 Å². The van der Waals surface area contributed by atoms with Crippen molar-refractivity contribution >= 4 is 38.6 Å². The minimum Gasteiger partial charge on any atom is -0.308 e. The van der Waals surface area contributed by atoms with Crippen LogP contribution in [-0.2, 0) is 15.6 Å². The fourth-order valence-corrected chi connectivity index (χ4v) is 5.20. The zero-order chi connectivity index (χ0) is 21.7. The molecule has 0 spiro atoms. The fourth-order valence-electron chi connectivity index (χ4n) is 3.17. The van der Waals surface area contributed by atoms with E-state index in [4.69, 9.17) is 0 Å². The molecule has 0 radical (unpaired) electrons. The lowest BCUT2D eigenvalue weighted by atomic mass is 10.1. The Bertz CT molecular complexity index is 1270. The summed E-state index contributed by atoms with van der Waals surface area (Å²) < 4.78 is 26.0. The van der Waals surface area contributed by atoms with Gasteiger partial charge in [-0.3, -0.25) is 0 Å². The number of thiophene rings is 1. The Hall–Kier alpha value is -3.42. The van der Waals surface area contributed by atoms with Gasteiger partial charge < -0.3 is 10.6 Å². The van der Waals surface area contributed by atoms with E-state index in [1.807, 2.05) is 53.2 Å². The van der Waals surface area contributed by atoms with Crippen molar-refractivity contribution in [3.05, 3.63) is 101 Å². The van der Waals surface area contributed by atoms with Gasteiger partial charge in [-0.15, -0.1) is 0 Å². The highest BCUT2D eigenvalue weighted by Crippen LogP contribution is 2.33. The molecule has 0 saturated carbocycles. The molecule has 0 aliphatic rings. The molecule has 4 rings (SSSR count). The summed E-state index contributed by atoms with van der Waals surface area (Å²) in [5.74, 6) is -0.110. The van der Waals surface area contributed by atoms with Crippen molar-refractivity contribution in [2.75, 3.05) is 10.6 Å². The second-order valence-electron chi connectivity index (χ2n) is 6.91. The van der Waals surface area contributed by atoms with Gasteiger partial charge in [-0.1, -0.05) is 54.6 Å². The van der Waals surface area contributed by atoms with E-state index in [0.717, 1.165) is 11.1 Å². The summed E-state index contributed by atoms with van der Waals surface area (Å²) in [5, 5.41) is 9.46. The third kappa shape index (κ3) is 5.20. The molecular weight excluding hydrogens is 428 g/mol. The molecule has 156 valence electrons. The number of para-hydroxylation sites is 1. The van der Waals surface area contributed by atoms with Gasteiger partial charge >= 0.3 is 6.03 Å². The number of amides is 2. The van der Waals surface area contributed by atoms with Crippen LogP contribution in [0.15, 0.2) is 101 Å². The highest BCUT2D eigenvalue weighted by molar-refractivity contribution is 7.90. The third-order valence-corrected chi connectivity index (χ3v) is 7.03. The molecule has 7 heteroatoms. The standard InChI is InChI=1S/C24H20N2O3S2/c27-24(25-20-9-5-2-6-10-20)26-23-15-21(11-12-22(23)19-13-14-30-16-19)31(28,29)17-18-7-3-1-4-8-18/h1-16H,17H2,(H2,25,26,27). The van der Waals surface area contributed by atoms with Gasteiger partial charge in [0.15, 0.2) is 9.84 Å². The molecule has 0 fully saturated rings. The minimum atomic E-state index is -3.59. The first-order valence-electron chi connectivity index (χ1n) is 9.58. The van der Waals surface area contributed by atoms with Crippen molar-refractivity contribution in [3.8, 4) is 11.1 Å². The lowest BCUT2D eigenvalue weighted by Gasteiger charge is -2.14. The number of anilines is 2. The maximum Gasteiger partial charge on any atom is 0.323 e. The summed E-state index contributed by atoms with van der Waals surface area (Å²) in [7, 11) is -3.59. The zero-order valence-electron chi connectivity index (χ0n) is 16.5. The number of sulfone groups is 1. The second kappa shape index (κ2) is 9.16. The van der Waals surface area contributed by atoms with E-state index in [9.17, 15) is 13.2 Å². The topological polar surface area (TPSA) is 75.3 Å². The van der Waals surface area contributed by atoms with E-state index in [2.05, 4.69) is 10.6 Å². The number of urea groups is 1. The van der Waals surface area contributed by atoms with Crippen LogP contribution < -0.4 is 10.6 Å². The zero-order valence-corrected chi connectivity index (χ0v) is 18.1. The van der Waals surface area contributed by atoms with E-state index in [1.165, 1.54) is 17.4 Å². The number of carbonyl (C=O) groups excluding carboxylic acids is 1. The highest BCUT2D eigenvalue weighted by atomic mass is 32.2. The molecule has 0 unspecified atom stereocenters. The second-order valence-corrected chi connectivity index (χ2v) is 9.68. The first kappa shape index (κ1) is 20.8. The number of hydrogen-bond donors (Lipinski definition) is 2. The first-order chi connectivity index (χ1) is 15.0. The Labute approximate surface area is 185 Å². The summed E-state index contributed by atoms with van der Waals surface area (Å²) in [6.45, 7) is 0. The van der Waals surface area contributed by atoms with Crippen LogP contribution in [0.4, 0.5) is 16.2 Å². The van der Waals surface area contributed by atoms with Crippen LogP contribution in [0.1, 0.15) is 5.56 Å². The summed E-state index contributed by atoms with van der Waals surface area (Å²) in [4.78, 5) is 12.7. The van der Waals surface area contributed by atoms with Crippen LogP contribution in [0.25, 0.3) is 11.1 Å². The van der Waals surface area contributed by atoms with Gasteiger partial charge in [0.25, 0.3) is 0 Å². The monoisotopic (exact) mass is 448 g/mol. The lowest BCUT2D eigenvalue weighted by molar-refractivity contribution is 0.262. The third-order valence-electron chi connectivity index (χ3n) is 4.66. The molecule has 4 aromatic rings. The number of benzene rings is 3. The van der Waals surface area contributed by atoms with Crippen LogP contribution in [0.2, 0.25) is 0 Å². The molecule has 0 aliphatic carbocycles. The predicted molar refractivity (Wildman–Crippen MR) is 126 cm³/mol. The van der Waals surface area contributed by atoms with Gasteiger partial charge in [0.05, 0.1) is 16.3 Å². The molecule has 1 heterocycles. The number of nitrogens with one attached hydrogen (secondary N) is 2. The van der Waals surface area contributed by atoms with Crippen molar-refractivity contribution in [2.24, 2.45) is 0 Å². The number of hydrogen-bond acceptors (Lipinski definition) is 4. The van der Waals surface area contributed by atoms with Crippen molar-refractivity contribution in [2.45, 2.75) is 10.6 Å². The Morgan fingerprint density at radius 1 is 0.839 bits per heavy atom. The fraction of sp³-hybridized carbons (Fsp3) is 0.0417. The van der Waals surface area contributed by atoms with Crippen molar-refractivity contribution in [1.82, 2.24) is 0 Å². The maximum atomic E-state index is 13.0. The van der Waals surface area contributed by atoms with Gasteiger partial charge in [-0.2, -0.15) is 11.3 Å². The average Bonchev–Trinajstić information content (AvgIpc) is 3.29. The molecule has 0 saturated heterocycles. The molecule has 5 nitrogen and oxygen atoms in total. The normalized spacial score (nSPS) is 11.1. The average molecular weight is 449 g/mol. The van der Waals surface area contributed by atoms with Crippen LogP contribution in [0.3, 0.4) is 0 Å². The predicted octanol–water partition coefficient (Wildman–Crippen LogP) is 6.03. The molecule has 1 aromatic heterocycles. The van der Waals surface area contributed by atoms with Gasteiger partial charge in [0.2, 0.25) is 0 Å². The first-order valence-corrected chi connectivity index (χ1v) is 12.2. The smallest absolute Gasteiger partial charge is 0.308 e. The van der Waals surface area contributed by atoms with Crippen LogP contribution in [0, 0.1) is 0 Å². The molecule has 2 amide bonds. The maximum absolute atomic E-state index is 13.0. The highest BCUT2D eigenvalue weighted by Gasteiger charge is 2.19. The van der Waals surface area contributed by atoms with Crippen molar-refractivity contribution in [1.29, 1.82) is 0 Å². The Morgan fingerprint density at radius 3 is 2.23 bits per heavy atom. The van der Waals surface area contributed by atoms with Gasteiger partial charge in [0.1, 0.15) is 0 Å².